The van der Waals surface area contributed by atoms with E-state index in [1.54, 1.807) is 31.0 Å². The summed E-state index contributed by atoms with van der Waals surface area (Å²) in [6.45, 7) is 5.81. The molecular weight excluding hydrogens is 444 g/mol. The van der Waals surface area contributed by atoms with Crippen LogP contribution in [-0.4, -0.2) is 65.0 Å². The maximum Gasteiger partial charge on any atom is 0.222 e. The van der Waals surface area contributed by atoms with Gasteiger partial charge in [-0.05, 0) is 44.7 Å². The maximum atomic E-state index is 6.52. The van der Waals surface area contributed by atoms with E-state index in [9.17, 15) is 0 Å². The molecule has 1 aromatic carbocycles. The van der Waals surface area contributed by atoms with Crippen LogP contribution >= 0.6 is 0 Å². The van der Waals surface area contributed by atoms with Crippen LogP contribution in [0.2, 0.25) is 0 Å². The lowest BCUT2D eigenvalue weighted by Gasteiger charge is -2.31. The van der Waals surface area contributed by atoms with E-state index in [0.717, 1.165) is 80.0 Å². The van der Waals surface area contributed by atoms with Crippen molar-refractivity contribution in [2.75, 3.05) is 43.1 Å². The first-order valence-electron chi connectivity index (χ1n) is 12.4. The summed E-state index contributed by atoms with van der Waals surface area (Å²) in [6, 6.07) is 4.54. The zero-order chi connectivity index (χ0) is 23.9. The van der Waals surface area contributed by atoms with Crippen molar-refractivity contribution in [3.8, 4) is 5.75 Å². The molecule has 1 saturated heterocycles. The second-order valence-electron chi connectivity index (χ2n) is 8.80. The van der Waals surface area contributed by atoms with E-state index >= 15 is 0 Å². The number of aromatic nitrogens is 4. The van der Waals surface area contributed by atoms with Crippen molar-refractivity contribution < 1.29 is 14.2 Å². The van der Waals surface area contributed by atoms with Gasteiger partial charge in [0.05, 0.1) is 37.7 Å². The van der Waals surface area contributed by atoms with Crippen LogP contribution in [0.5, 0.6) is 5.75 Å². The van der Waals surface area contributed by atoms with E-state index in [1.807, 2.05) is 13.0 Å². The molecule has 184 valence electrons. The topological polar surface area (TPSA) is 94.5 Å². The van der Waals surface area contributed by atoms with Gasteiger partial charge in [0, 0.05) is 61.2 Å². The predicted octanol–water partition coefficient (Wildman–Crippen LogP) is 4.07. The number of morpholine rings is 1. The normalized spacial score (nSPS) is 20.8. The average molecular weight is 477 g/mol. The molecule has 0 atom stereocenters. The van der Waals surface area contributed by atoms with Gasteiger partial charge in [-0.3, -0.25) is 4.98 Å². The molecule has 5 rings (SSSR count). The van der Waals surface area contributed by atoms with E-state index in [4.69, 9.17) is 14.2 Å². The number of nitrogens with one attached hydrogen (secondary N) is 1. The molecule has 9 heteroatoms. The molecule has 2 aliphatic rings. The molecule has 0 spiro atoms. The van der Waals surface area contributed by atoms with Gasteiger partial charge in [-0.25, -0.2) is 15.0 Å². The fraction of sp³-hybridized carbons (Fsp3) is 0.462. The van der Waals surface area contributed by atoms with Crippen molar-refractivity contribution in [3.63, 3.8) is 0 Å². The summed E-state index contributed by atoms with van der Waals surface area (Å²) in [7, 11) is 0. The fourth-order valence-electron chi connectivity index (χ4n) is 4.53. The quantitative estimate of drug-likeness (QED) is 0.483. The van der Waals surface area contributed by atoms with Crippen LogP contribution in [0.3, 0.4) is 0 Å². The van der Waals surface area contributed by atoms with Crippen LogP contribution in [0.4, 0.5) is 11.6 Å². The van der Waals surface area contributed by atoms with Gasteiger partial charge in [0.2, 0.25) is 5.95 Å². The highest BCUT2D eigenvalue weighted by atomic mass is 16.5. The van der Waals surface area contributed by atoms with Crippen molar-refractivity contribution >= 4 is 28.7 Å². The Hall–Kier alpha value is -3.46. The molecule has 0 amide bonds. The molecule has 1 aliphatic heterocycles. The molecule has 3 aromatic rings. The molecule has 0 bridgehead atoms. The zero-order valence-corrected chi connectivity index (χ0v) is 20.1. The molecule has 1 aliphatic carbocycles. The Balaban J connectivity index is 1.20. The SMILES string of the molecule is CCO/C=C/c1cnc(N[C@H]2CC[C@@H](Oc3cc(N4CCOCC4)cc4nccnc34)CC2)nc1. The first-order chi connectivity index (χ1) is 17.3. The lowest BCUT2D eigenvalue weighted by molar-refractivity contribution is 0.122. The summed E-state index contributed by atoms with van der Waals surface area (Å²) in [5.74, 6) is 1.47. The van der Waals surface area contributed by atoms with Crippen molar-refractivity contribution in [1.82, 2.24) is 19.9 Å². The van der Waals surface area contributed by atoms with Crippen LogP contribution in [-0.2, 0) is 9.47 Å². The highest BCUT2D eigenvalue weighted by Crippen LogP contribution is 2.33. The van der Waals surface area contributed by atoms with Crippen molar-refractivity contribution in [2.24, 2.45) is 0 Å². The van der Waals surface area contributed by atoms with E-state index in [1.165, 1.54) is 0 Å². The van der Waals surface area contributed by atoms with E-state index in [0.29, 0.717) is 18.6 Å². The molecule has 1 saturated carbocycles. The van der Waals surface area contributed by atoms with Crippen LogP contribution in [0.15, 0.2) is 43.2 Å². The van der Waals surface area contributed by atoms with Gasteiger partial charge in [-0.1, -0.05) is 0 Å². The van der Waals surface area contributed by atoms with E-state index in [2.05, 4.69) is 42.3 Å². The Morgan fingerprint density at radius 1 is 1.03 bits per heavy atom. The van der Waals surface area contributed by atoms with Crippen LogP contribution in [0.1, 0.15) is 38.2 Å². The smallest absolute Gasteiger partial charge is 0.222 e. The highest BCUT2D eigenvalue weighted by molar-refractivity contribution is 5.85. The summed E-state index contributed by atoms with van der Waals surface area (Å²) in [5.41, 5.74) is 3.70. The standard InChI is InChI=1S/C26H32N6O3/c1-2-33-12-7-19-17-29-26(30-18-19)31-20-3-5-22(6-4-20)35-24-16-21(32-10-13-34-14-11-32)15-23-25(24)28-9-8-27-23/h7-9,12,15-18,20,22H,2-6,10-11,13-14H2,1H3,(H,29,30,31)/b12-7+/t20-,22+. The molecule has 9 nitrogen and oxygen atoms in total. The van der Waals surface area contributed by atoms with Crippen LogP contribution in [0, 0.1) is 0 Å². The first-order valence-corrected chi connectivity index (χ1v) is 12.4. The number of fused-ring (bicyclic) bond motifs is 1. The highest BCUT2D eigenvalue weighted by Gasteiger charge is 2.24. The first kappa shape index (κ1) is 23.3. The van der Waals surface area contributed by atoms with Gasteiger partial charge in [0.15, 0.2) is 0 Å². The van der Waals surface area contributed by atoms with Gasteiger partial charge in [0.1, 0.15) is 11.3 Å². The zero-order valence-electron chi connectivity index (χ0n) is 20.1. The fourth-order valence-corrected chi connectivity index (χ4v) is 4.53. The Bertz CT molecular complexity index is 1130. The summed E-state index contributed by atoms with van der Waals surface area (Å²) >= 11 is 0. The number of anilines is 2. The lowest BCUT2D eigenvalue weighted by Crippen LogP contribution is -2.36. The van der Waals surface area contributed by atoms with Gasteiger partial charge < -0.3 is 24.4 Å². The minimum atomic E-state index is 0.144. The third-order valence-corrected chi connectivity index (χ3v) is 6.40. The third kappa shape index (κ3) is 5.97. The summed E-state index contributed by atoms with van der Waals surface area (Å²) in [5, 5.41) is 3.47. The van der Waals surface area contributed by atoms with Gasteiger partial charge in [-0.15, -0.1) is 0 Å². The minimum Gasteiger partial charge on any atom is -0.501 e. The van der Waals surface area contributed by atoms with Crippen LogP contribution < -0.4 is 15.0 Å². The van der Waals surface area contributed by atoms with E-state index < -0.39 is 0 Å². The molecule has 3 heterocycles. The van der Waals surface area contributed by atoms with E-state index in [-0.39, 0.29) is 6.10 Å². The number of benzene rings is 1. The molecular formula is C26H32N6O3. The number of hydrogen-bond acceptors (Lipinski definition) is 9. The van der Waals surface area contributed by atoms with Gasteiger partial charge in [-0.2, -0.15) is 0 Å². The largest absolute Gasteiger partial charge is 0.501 e. The van der Waals surface area contributed by atoms with Crippen molar-refractivity contribution in [3.05, 3.63) is 48.7 Å². The Kier molecular flexibility index (Phi) is 7.53. The molecule has 2 fully saturated rings. The van der Waals surface area contributed by atoms with Gasteiger partial charge >= 0.3 is 0 Å². The summed E-state index contributed by atoms with van der Waals surface area (Å²) in [4.78, 5) is 20.3. The number of hydrogen-bond donors (Lipinski definition) is 1. The summed E-state index contributed by atoms with van der Waals surface area (Å²) in [6.07, 6.45) is 14.6. The average Bonchev–Trinajstić information content (AvgIpc) is 2.91. The number of nitrogens with zero attached hydrogens (tertiary/aromatic N) is 5. The maximum absolute atomic E-state index is 6.52. The van der Waals surface area contributed by atoms with Crippen molar-refractivity contribution in [2.45, 2.75) is 44.8 Å². The third-order valence-electron chi connectivity index (χ3n) is 6.40. The Morgan fingerprint density at radius 3 is 2.57 bits per heavy atom. The second-order valence-corrected chi connectivity index (χ2v) is 8.80. The molecule has 1 N–H and O–H groups in total. The summed E-state index contributed by atoms with van der Waals surface area (Å²) < 4.78 is 17.3. The molecule has 35 heavy (non-hydrogen) atoms. The van der Waals surface area contributed by atoms with Crippen LogP contribution in [0.25, 0.3) is 17.1 Å². The van der Waals surface area contributed by atoms with Gasteiger partial charge in [0.25, 0.3) is 0 Å². The van der Waals surface area contributed by atoms with Crippen molar-refractivity contribution in [1.29, 1.82) is 0 Å². The second kappa shape index (κ2) is 11.3. The molecule has 0 radical (unpaired) electrons. The predicted molar refractivity (Wildman–Crippen MR) is 136 cm³/mol. The lowest BCUT2D eigenvalue weighted by atomic mass is 9.93. The minimum absolute atomic E-state index is 0.144. The Morgan fingerprint density at radius 2 is 1.80 bits per heavy atom. The number of ether oxygens (including phenoxy) is 3. The number of rotatable bonds is 8. The monoisotopic (exact) mass is 476 g/mol. The Labute approximate surface area is 205 Å². The molecule has 2 aromatic heterocycles. The molecule has 0 unspecified atom stereocenters.